The van der Waals surface area contributed by atoms with E-state index in [9.17, 15) is 9.59 Å². The maximum Gasteiger partial charge on any atom is 0.243 e. The summed E-state index contributed by atoms with van der Waals surface area (Å²) in [7, 11) is 1.85. The Kier molecular flexibility index (Phi) is 6.71. The number of amides is 2. The van der Waals surface area contributed by atoms with E-state index in [1.807, 2.05) is 7.05 Å². The van der Waals surface area contributed by atoms with Crippen LogP contribution in [0, 0.1) is 12.8 Å². The third kappa shape index (κ3) is 5.11. The highest BCUT2D eigenvalue weighted by Gasteiger charge is 2.30. The van der Waals surface area contributed by atoms with Crippen LogP contribution in [0.5, 0.6) is 0 Å². The van der Waals surface area contributed by atoms with Gasteiger partial charge in [-0.05, 0) is 43.4 Å². The minimum atomic E-state index is -0.162. The number of hydrogen-bond donors (Lipinski definition) is 1. The lowest BCUT2D eigenvalue weighted by atomic mass is 10.0. The molecule has 25 heavy (non-hydrogen) atoms. The summed E-state index contributed by atoms with van der Waals surface area (Å²) in [6.45, 7) is 10.3. The number of fused-ring (bicyclic) bond motifs is 1. The highest BCUT2D eigenvalue weighted by Crippen LogP contribution is 2.38. The second kappa shape index (κ2) is 8.56. The molecular formula is C20H28N2O2S. The summed E-state index contributed by atoms with van der Waals surface area (Å²) in [6, 6.07) is 6.42. The van der Waals surface area contributed by atoms with Gasteiger partial charge >= 0.3 is 0 Å². The van der Waals surface area contributed by atoms with Crippen molar-refractivity contribution in [1.82, 2.24) is 10.2 Å². The first-order valence-corrected chi connectivity index (χ1v) is 9.64. The molecule has 1 aromatic carbocycles. The predicted molar refractivity (Wildman–Crippen MR) is 104 cm³/mol. The molecule has 0 aliphatic carbocycles. The maximum atomic E-state index is 12.8. The van der Waals surface area contributed by atoms with Crippen LogP contribution in [-0.4, -0.2) is 41.6 Å². The monoisotopic (exact) mass is 360 g/mol. The van der Waals surface area contributed by atoms with Gasteiger partial charge in [-0.3, -0.25) is 9.59 Å². The summed E-state index contributed by atoms with van der Waals surface area (Å²) in [4.78, 5) is 27.3. The molecule has 0 radical (unpaired) electrons. The van der Waals surface area contributed by atoms with E-state index >= 15 is 0 Å². The standard InChI is InChI=1S/C20H28N2O2S/c1-6-19(23)21-16(13(2)3)9-10-22(5)20(24)18-12-15-11-14(4)7-8-17(15)25-18/h6-8,11,13,16,18H,1,9-10,12H2,2-5H3,(H,21,23). The molecule has 4 nitrogen and oxygen atoms in total. The molecule has 2 unspecified atom stereocenters. The minimum absolute atomic E-state index is 0.0387. The van der Waals surface area contributed by atoms with E-state index in [0.29, 0.717) is 12.5 Å². The quantitative estimate of drug-likeness (QED) is 0.760. The predicted octanol–water partition coefficient (Wildman–Crippen LogP) is 3.19. The molecule has 0 aromatic heterocycles. The molecule has 136 valence electrons. The van der Waals surface area contributed by atoms with Gasteiger partial charge in [0.2, 0.25) is 11.8 Å². The number of benzene rings is 1. The number of carbonyl (C=O) groups is 2. The molecule has 0 saturated carbocycles. The third-order valence-electron chi connectivity index (χ3n) is 4.64. The number of thioether (sulfide) groups is 1. The van der Waals surface area contributed by atoms with E-state index in [4.69, 9.17) is 0 Å². The van der Waals surface area contributed by atoms with Crippen LogP contribution in [0.3, 0.4) is 0 Å². The van der Waals surface area contributed by atoms with Crippen LogP contribution in [0.2, 0.25) is 0 Å². The van der Waals surface area contributed by atoms with Crippen LogP contribution in [0.15, 0.2) is 35.7 Å². The summed E-state index contributed by atoms with van der Waals surface area (Å²) >= 11 is 1.66. The summed E-state index contributed by atoms with van der Waals surface area (Å²) < 4.78 is 0. The van der Waals surface area contributed by atoms with Crippen molar-refractivity contribution in [3.8, 4) is 0 Å². The number of aryl methyl sites for hydroxylation is 1. The Hall–Kier alpha value is -1.75. The molecule has 0 bridgehead atoms. The van der Waals surface area contributed by atoms with Crippen LogP contribution in [0.1, 0.15) is 31.4 Å². The summed E-state index contributed by atoms with van der Waals surface area (Å²) in [6.07, 6.45) is 2.83. The van der Waals surface area contributed by atoms with Crippen LogP contribution in [-0.2, 0) is 16.0 Å². The average Bonchev–Trinajstić information content (AvgIpc) is 2.99. The van der Waals surface area contributed by atoms with Crippen molar-refractivity contribution >= 4 is 23.6 Å². The molecule has 1 heterocycles. The minimum Gasteiger partial charge on any atom is -0.350 e. The Morgan fingerprint density at radius 3 is 2.80 bits per heavy atom. The van der Waals surface area contributed by atoms with Crippen LogP contribution in [0.4, 0.5) is 0 Å². The summed E-state index contributed by atoms with van der Waals surface area (Å²) in [5.74, 6) is 0.307. The zero-order chi connectivity index (χ0) is 18.6. The number of nitrogens with zero attached hydrogens (tertiary/aromatic N) is 1. The number of hydrogen-bond acceptors (Lipinski definition) is 3. The van der Waals surface area contributed by atoms with Gasteiger partial charge in [0.1, 0.15) is 0 Å². The van der Waals surface area contributed by atoms with Gasteiger partial charge in [0.25, 0.3) is 0 Å². The maximum absolute atomic E-state index is 12.8. The fourth-order valence-electron chi connectivity index (χ4n) is 3.02. The lowest BCUT2D eigenvalue weighted by molar-refractivity contribution is -0.129. The van der Waals surface area contributed by atoms with Gasteiger partial charge in [0, 0.05) is 24.5 Å². The number of nitrogens with one attached hydrogen (secondary N) is 1. The van der Waals surface area contributed by atoms with Gasteiger partial charge in [-0.2, -0.15) is 0 Å². The molecular weight excluding hydrogens is 332 g/mol. The molecule has 5 heteroatoms. The van der Waals surface area contributed by atoms with Crippen molar-refractivity contribution in [1.29, 1.82) is 0 Å². The smallest absolute Gasteiger partial charge is 0.243 e. The van der Waals surface area contributed by atoms with Gasteiger partial charge in [-0.15, -0.1) is 11.8 Å². The third-order valence-corrected chi connectivity index (χ3v) is 5.94. The van der Waals surface area contributed by atoms with Gasteiger partial charge in [-0.25, -0.2) is 0 Å². The topological polar surface area (TPSA) is 49.4 Å². The average molecular weight is 361 g/mol. The molecule has 0 saturated heterocycles. The van der Waals surface area contributed by atoms with Crippen molar-refractivity contribution in [3.63, 3.8) is 0 Å². The molecule has 2 amide bonds. The Balaban J connectivity index is 1.90. The molecule has 1 aromatic rings. The van der Waals surface area contributed by atoms with Gasteiger partial charge in [0.15, 0.2) is 0 Å². The normalized spacial score (nSPS) is 17.1. The van der Waals surface area contributed by atoms with E-state index in [0.717, 1.165) is 12.8 Å². The second-order valence-corrected chi connectivity index (χ2v) is 8.28. The Bertz CT molecular complexity index is 657. The lowest BCUT2D eigenvalue weighted by Crippen LogP contribution is -2.42. The SMILES string of the molecule is C=CC(=O)NC(CCN(C)C(=O)C1Cc2cc(C)ccc2S1)C(C)C. The highest BCUT2D eigenvalue weighted by molar-refractivity contribution is 8.01. The Morgan fingerprint density at radius 1 is 1.44 bits per heavy atom. The molecule has 1 aliphatic heterocycles. The van der Waals surface area contributed by atoms with E-state index < -0.39 is 0 Å². The summed E-state index contributed by atoms with van der Waals surface area (Å²) in [5, 5.41) is 2.91. The van der Waals surface area contributed by atoms with Crippen molar-refractivity contribution < 1.29 is 9.59 Å². The lowest BCUT2D eigenvalue weighted by Gasteiger charge is -2.26. The van der Waals surface area contributed by atoms with Crippen molar-refractivity contribution in [3.05, 3.63) is 42.0 Å². The zero-order valence-corrected chi connectivity index (χ0v) is 16.4. The van der Waals surface area contributed by atoms with Crippen molar-refractivity contribution in [2.24, 2.45) is 5.92 Å². The first-order chi connectivity index (χ1) is 11.8. The van der Waals surface area contributed by atoms with Crippen molar-refractivity contribution in [2.45, 2.75) is 49.8 Å². The molecule has 0 fully saturated rings. The molecule has 2 atom stereocenters. The van der Waals surface area contributed by atoms with E-state index in [2.05, 4.69) is 50.9 Å². The van der Waals surface area contributed by atoms with E-state index in [1.165, 1.54) is 22.1 Å². The van der Waals surface area contributed by atoms with E-state index in [-0.39, 0.29) is 23.1 Å². The fraction of sp³-hybridized carbons (Fsp3) is 0.500. The number of carbonyl (C=O) groups excluding carboxylic acids is 2. The van der Waals surface area contributed by atoms with Gasteiger partial charge < -0.3 is 10.2 Å². The van der Waals surface area contributed by atoms with E-state index in [1.54, 1.807) is 16.7 Å². The zero-order valence-electron chi connectivity index (χ0n) is 15.5. The molecule has 2 rings (SSSR count). The summed E-state index contributed by atoms with van der Waals surface area (Å²) in [5.41, 5.74) is 2.51. The largest absolute Gasteiger partial charge is 0.350 e. The molecule has 0 spiro atoms. The van der Waals surface area contributed by atoms with Gasteiger partial charge in [-0.1, -0.05) is 38.1 Å². The highest BCUT2D eigenvalue weighted by atomic mass is 32.2. The first kappa shape index (κ1) is 19.6. The number of rotatable bonds is 7. The van der Waals surface area contributed by atoms with Crippen molar-refractivity contribution in [2.75, 3.05) is 13.6 Å². The molecule has 1 aliphatic rings. The Morgan fingerprint density at radius 2 is 2.16 bits per heavy atom. The fourth-order valence-corrected chi connectivity index (χ4v) is 4.31. The second-order valence-electron chi connectivity index (χ2n) is 7.03. The first-order valence-electron chi connectivity index (χ1n) is 8.76. The van der Waals surface area contributed by atoms with Crippen LogP contribution < -0.4 is 5.32 Å². The molecule has 1 N–H and O–H groups in total. The van der Waals surface area contributed by atoms with Gasteiger partial charge in [0.05, 0.1) is 5.25 Å². The van der Waals surface area contributed by atoms with Crippen LogP contribution in [0.25, 0.3) is 0 Å². The van der Waals surface area contributed by atoms with Crippen LogP contribution >= 0.6 is 11.8 Å². The Labute approximate surface area is 155 Å².